The summed E-state index contributed by atoms with van der Waals surface area (Å²) in [5.74, 6) is 3.10. The Morgan fingerprint density at radius 2 is 2.08 bits per heavy atom. The number of fused-ring (bicyclic) bond motifs is 1. The molecule has 0 heterocycles. The van der Waals surface area contributed by atoms with Crippen LogP contribution in [0.5, 0.6) is 0 Å². The Kier molecular flexibility index (Phi) is 1.27. The van der Waals surface area contributed by atoms with Crippen LogP contribution in [-0.2, 0) is 0 Å². The Labute approximate surface area is 74.9 Å². The van der Waals surface area contributed by atoms with Crippen LogP contribution in [-0.4, -0.2) is 13.1 Å². The van der Waals surface area contributed by atoms with E-state index in [1.54, 1.807) is 12.8 Å². The Morgan fingerprint density at radius 1 is 1.25 bits per heavy atom. The third-order valence-corrected chi connectivity index (χ3v) is 4.80. The van der Waals surface area contributed by atoms with Crippen LogP contribution in [0.1, 0.15) is 32.6 Å². The first kappa shape index (κ1) is 7.37. The number of hydrogen-bond donors (Lipinski definition) is 1. The largest absolute Gasteiger partial charge is 0.316 e. The predicted octanol–water partition coefficient (Wildman–Crippen LogP) is 2.03. The van der Waals surface area contributed by atoms with Gasteiger partial charge in [-0.05, 0) is 55.9 Å². The molecule has 1 nitrogen and oxygen atoms in total. The highest BCUT2D eigenvalue weighted by molar-refractivity contribution is 5.15. The maximum Gasteiger partial charge on any atom is 0.0118 e. The smallest absolute Gasteiger partial charge is 0.0118 e. The molecule has 3 rings (SSSR count). The molecule has 0 aromatic heterocycles. The third kappa shape index (κ3) is 0.736. The van der Waals surface area contributed by atoms with Crippen molar-refractivity contribution in [2.24, 2.45) is 23.2 Å². The molecule has 3 fully saturated rings. The van der Waals surface area contributed by atoms with Crippen molar-refractivity contribution in [1.29, 1.82) is 0 Å². The highest BCUT2D eigenvalue weighted by Crippen LogP contribution is 2.71. The van der Waals surface area contributed by atoms with Crippen molar-refractivity contribution in [1.82, 2.24) is 5.32 Å². The molecule has 0 amide bonds. The van der Waals surface area contributed by atoms with Crippen LogP contribution >= 0.6 is 0 Å². The van der Waals surface area contributed by atoms with Gasteiger partial charge in [0.05, 0.1) is 0 Å². The second kappa shape index (κ2) is 2.06. The molecule has 68 valence electrons. The van der Waals surface area contributed by atoms with Gasteiger partial charge in [0.25, 0.3) is 0 Å². The molecule has 5 atom stereocenters. The molecule has 12 heavy (non-hydrogen) atoms. The van der Waals surface area contributed by atoms with Gasteiger partial charge < -0.3 is 5.32 Å². The van der Waals surface area contributed by atoms with Crippen molar-refractivity contribution in [3.63, 3.8) is 0 Å². The highest BCUT2D eigenvalue weighted by atomic mass is 14.9. The highest BCUT2D eigenvalue weighted by Gasteiger charge is 2.64. The van der Waals surface area contributed by atoms with Crippen LogP contribution in [0.15, 0.2) is 0 Å². The lowest BCUT2D eigenvalue weighted by molar-refractivity contribution is 0.170. The molecule has 2 bridgehead atoms. The van der Waals surface area contributed by atoms with Gasteiger partial charge in [-0.3, -0.25) is 0 Å². The molecule has 1 heteroatoms. The third-order valence-electron chi connectivity index (χ3n) is 4.80. The fraction of sp³-hybridized carbons (Fsp3) is 1.00. The van der Waals surface area contributed by atoms with E-state index in [4.69, 9.17) is 0 Å². The molecule has 1 N–H and O–H groups in total. The average molecular weight is 165 g/mol. The monoisotopic (exact) mass is 165 g/mol. The minimum absolute atomic E-state index is 0.837. The summed E-state index contributed by atoms with van der Waals surface area (Å²) in [6, 6.07) is 0.837. The fourth-order valence-corrected chi connectivity index (χ4v) is 4.35. The van der Waals surface area contributed by atoms with Crippen LogP contribution in [0, 0.1) is 23.2 Å². The summed E-state index contributed by atoms with van der Waals surface area (Å²) in [7, 11) is 2.14. The number of nitrogens with one attached hydrogen (secondary N) is 1. The molecule has 0 saturated heterocycles. The summed E-state index contributed by atoms with van der Waals surface area (Å²) in [6.45, 7) is 2.44. The van der Waals surface area contributed by atoms with E-state index in [2.05, 4.69) is 19.3 Å². The minimum Gasteiger partial charge on any atom is -0.316 e. The summed E-state index contributed by atoms with van der Waals surface area (Å²) in [4.78, 5) is 0. The van der Waals surface area contributed by atoms with Gasteiger partial charge in [0, 0.05) is 6.04 Å². The Balaban J connectivity index is 1.85. The van der Waals surface area contributed by atoms with E-state index >= 15 is 0 Å². The zero-order valence-corrected chi connectivity index (χ0v) is 8.14. The lowest BCUT2D eigenvalue weighted by Gasteiger charge is -2.37. The van der Waals surface area contributed by atoms with Crippen LogP contribution in [0.2, 0.25) is 0 Å². The second-order valence-electron chi connectivity index (χ2n) is 5.46. The van der Waals surface area contributed by atoms with E-state index in [0.29, 0.717) is 0 Å². The molecule has 3 aliphatic rings. The average Bonchev–Trinajstić information content (AvgIpc) is 2.54. The summed E-state index contributed by atoms with van der Waals surface area (Å²) >= 11 is 0. The lowest BCUT2D eigenvalue weighted by Crippen LogP contribution is -2.42. The Morgan fingerprint density at radius 3 is 2.83 bits per heavy atom. The standard InChI is InChI=1S/C11H19N/c1-7-4-11-5-8(10(7)12-2)3-9(11)6-11/h7-10,12H,3-6H2,1-2H3. The van der Waals surface area contributed by atoms with Gasteiger partial charge in [-0.2, -0.15) is 0 Å². The van der Waals surface area contributed by atoms with Crippen LogP contribution in [0.25, 0.3) is 0 Å². The van der Waals surface area contributed by atoms with E-state index in [1.807, 2.05) is 0 Å². The van der Waals surface area contributed by atoms with Crippen molar-refractivity contribution in [3.05, 3.63) is 0 Å². The maximum atomic E-state index is 3.52. The first-order chi connectivity index (χ1) is 5.75. The molecule has 5 unspecified atom stereocenters. The lowest BCUT2D eigenvalue weighted by atomic mass is 9.74. The van der Waals surface area contributed by atoms with Crippen molar-refractivity contribution >= 4 is 0 Å². The van der Waals surface area contributed by atoms with Gasteiger partial charge in [-0.1, -0.05) is 6.92 Å². The molecule has 0 aromatic carbocycles. The molecule has 1 spiro atoms. The van der Waals surface area contributed by atoms with Crippen molar-refractivity contribution in [2.75, 3.05) is 7.05 Å². The van der Waals surface area contributed by atoms with E-state index in [9.17, 15) is 0 Å². The zero-order valence-electron chi connectivity index (χ0n) is 8.14. The van der Waals surface area contributed by atoms with Crippen molar-refractivity contribution in [3.8, 4) is 0 Å². The first-order valence-corrected chi connectivity index (χ1v) is 5.42. The molecular formula is C11H19N. The second-order valence-corrected chi connectivity index (χ2v) is 5.46. The Bertz CT molecular complexity index is 213. The predicted molar refractivity (Wildman–Crippen MR) is 49.9 cm³/mol. The van der Waals surface area contributed by atoms with Crippen LogP contribution < -0.4 is 5.32 Å². The number of rotatable bonds is 1. The van der Waals surface area contributed by atoms with Gasteiger partial charge in [-0.25, -0.2) is 0 Å². The summed E-state index contributed by atoms with van der Waals surface area (Å²) in [6.07, 6.45) is 6.17. The topological polar surface area (TPSA) is 12.0 Å². The van der Waals surface area contributed by atoms with Crippen molar-refractivity contribution < 1.29 is 0 Å². The summed E-state index contributed by atoms with van der Waals surface area (Å²) in [5, 5.41) is 3.52. The van der Waals surface area contributed by atoms with Crippen molar-refractivity contribution in [2.45, 2.75) is 38.6 Å². The van der Waals surface area contributed by atoms with Crippen LogP contribution in [0.4, 0.5) is 0 Å². The van der Waals surface area contributed by atoms with E-state index in [-0.39, 0.29) is 0 Å². The van der Waals surface area contributed by atoms with E-state index in [1.165, 1.54) is 12.8 Å². The zero-order chi connectivity index (χ0) is 8.34. The number of hydrogen-bond acceptors (Lipinski definition) is 1. The molecule has 3 aliphatic carbocycles. The fourth-order valence-electron chi connectivity index (χ4n) is 4.35. The SMILES string of the molecule is CNC1C(C)CC23CC1CC2C3. The minimum atomic E-state index is 0.837. The van der Waals surface area contributed by atoms with Gasteiger partial charge in [0.2, 0.25) is 0 Å². The van der Waals surface area contributed by atoms with E-state index < -0.39 is 0 Å². The van der Waals surface area contributed by atoms with Gasteiger partial charge in [-0.15, -0.1) is 0 Å². The van der Waals surface area contributed by atoms with Gasteiger partial charge >= 0.3 is 0 Å². The molecule has 0 aromatic rings. The van der Waals surface area contributed by atoms with Gasteiger partial charge in [0.1, 0.15) is 0 Å². The molecule has 0 radical (unpaired) electrons. The molecule has 3 saturated carbocycles. The quantitative estimate of drug-likeness (QED) is 0.627. The summed E-state index contributed by atoms with van der Waals surface area (Å²) < 4.78 is 0. The Hall–Kier alpha value is -0.0400. The maximum absolute atomic E-state index is 3.52. The molecule has 0 aliphatic heterocycles. The molecular weight excluding hydrogens is 146 g/mol. The van der Waals surface area contributed by atoms with Crippen LogP contribution in [0.3, 0.4) is 0 Å². The summed E-state index contributed by atoms with van der Waals surface area (Å²) in [5.41, 5.74) is 0.872. The first-order valence-electron chi connectivity index (χ1n) is 5.42. The normalized spacial score (nSPS) is 61.5. The van der Waals surface area contributed by atoms with E-state index in [0.717, 1.165) is 29.2 Å². The van der Waals surface area contributed by atoms with Gasteiger partial charge in [0.15, 0.2) is 0 Å².